The Morgan fingerprint density at radius 2 is 2.24 bits per heavy atom. The molecular formula is C14H19N5OS. The zero-order valence-corrected chi connectivity index (χ0v) is 12.8. The summed E-state index contributed by atoms with van der Waals surface area (Å²) < 4.78 is 0.957. The number of nitrogens with one attached hydrogen (secondary N) is 1. The first kappa shape index (κ1) is 14.2. The summed E-state index contributed by atoms with van der Waals surface area (Å²) in [5.41, 5.74) is 6.16. The fraction of sp³-hybridized carbons (Fsp3) is 0.500. The summed E-state index contributed by atoms with van der Waals surface area (Å²) >= 11 is 1.38. The number of rotatable bonds is 4. The summed E-state index contributed by atoms with van der Waals surface area (Å²) in [6, 6.07) is 1.75. The van der Waals surface area contributed by atoms with Crippen LogP contribution in [-0.4, -0.2) is 42.6 Å². The topological polar surface area (TPSA) is 84.1 Å². The highest BCUT2D eigenvalue weighted by Gasteiger charge is 2.22. The number of piperidine rings is 1. The van der Waals surface area contributed by atoms with Gasteiger partial charge in [-0.05, 0) is 38.4 Å². The zero-order valence-electron chi connectivity index (χ0n) is 12.0. The van der Waals surface area contributed by atoms with Crippen molar-refractivity contribution >= 4 is 33.3 Å². The molecule has 1 aliphatic rings. The quantitative estimate of drug-likeness (QED) is 0.887. The summed E-state index contributed by atoms with van der Waals surface area (Å²) in [6.45, 7) is 3.04. The number of amides is 1. The number of thiophene rings is 1. The standard InChI is InChI=1S/C14H19N5OS/c1-16-7-9-2-4-19(5-3-9)14-12-10(17-8-18-14)6-11(21-12)13(15)20/h6,8-9,16H,2-5,7H2,1H3,(H2,15,20). The molecule has 1 fully saturated rings. The number of carbonyl (C=O) groups excluding carboxylic acids is 1. The van der Waals surface area contributed by atoms with Gasteiger partial charge >= 0.3 is 0 Å². The third-order valence-corrected chi connectivity index (χ3v) is 5.08. The molecule has 2 aromatic heterocycles. The smallest absolute Gasteiger partial charge is 0.258 e. The van der Waals surface area contributed by atoms with Crippen molar-refractivity contribution in [2.45, 2.75) is 12.8 Å². The van der Waals surface area contributed by atoms with E-state index in [4.69, 9.17) is 5.73 Å². The Morgan fingerprint density at radius 3 is 2.90 bits per heavy atom. The minimum atomic E-state index is -0.406. The second-order valence-electron chi connectivity index (χ2n) is 5.37. The molecule has 0 saturated carbocycles. The Hall–Kier alpha value is -1.73. The molecule has 0 unspecified atom stereocenters. The second kappa shape index (κ2) is 5.95. The van der Waals surface area contributed by atoms with Crippen molar-refractivity contribution in [3.05, 3.63) is 17.3 Å². The third-order valence-electron chi connectivity index (χ3n) is 3.94. The van der Waals surface area contributed by atoms with E-state index in [-0.39, 0.29) is 0 Å². The fourth-order valence-electron chi connectivity index (χ4n) is 2.83. The predicted octanol–water partition coefficient (Wildman–Crippen LogP) is 1.23. The molecule has 1 aliphatic heterocycles. The molecule has 112 valence electrons. The Kier molecular flexibility index (Phi) is 4.03. The molecule has 2 aromatic rings. The van der Waals surface area contributed by atoms with Crippen LogP contribution in [0.1, 0.15) is 22.5 Å². The van der Waals surface area contributed by atoms with Gasteiger partial charge in [-0.15, -0.1) is 11.3 Å². The van der Waals surface area contributed by atoms with Crippen LogP contribution in [-0.2, 0) is 0 Å². The molecular weight excluding hydrogens is 286 g/mol. The van der Waals surface area contributed by atoms with Crippen LogP contribution in [0, 0.1) is 5.92 Å². The first-order chi connectivity index (χ1) is 10.2. The van der Waals surface area contributed by atoms with Gasteiger partial charge in [-0.3, -0.25) is 4.79 Å². The molecule has 6 nitrogen and oxygen atoms in total. The second-order valence-corrected chi connectivity index (χ2v) is 6.43. The number of nitrogens with zero attached hydrogens (tertiary/aromatic N) is 3. The van der Waals surface area contributed by atoms with Crippen molar-refractivity contribution in [1.82, 2.24) is 15.3 Å². The molecule has 1 saturated heterocycles. The van der Waals surface area contributed by atoms with E-state index in [1.54, 1.807) is 12.4 Å². The highest BCUT2D eigenvalue weighted by Crippen LogP contribution is 2.32. The van der Waals surface area contributed by atoms with E-state index in [2.05, 4.69) is 20.2 Å². The lowest BCUT2D eigenvalue weighted by molar-refractivity contribution is 0.100. The van der Waals surface area contributed by atoms with Gasteiger partial charge in [0, 0.05) is 13.1 Å². The molecule has 21 heavy (non-hydrogen) atoms. The lowest BCUT2D eigenvalue weighted by Gasteiger charge is -2.32. The normalized spacial score (nSPS) is 16.5. The summed E-state index contributed by atoms with van der Waals surface area (Å²) in [7, 11) is 2.00. The van der Waals surface area contributed by atoms with E-state index in [1.165, 1.54) is 11.3 Å². The van der Waals surface area contributed by atoms with Gasteiger partial charge in [0.1, 0.15) is 12.1 Å². The van der Waals surface area contributed by atoms with Crippen LogP contribution in [0.25, 0.3) is 10.2 Å². The van der Waals surface area contributed by atoms with E-state index in [1.807, 2.05) is 7.05 Å². The van der Waals surface area contributed by atoms with Crippen molar-refractivity contribution in [2.24, 2.45) is 11.7 Å². The minimum Gasteiger partial charge on any atom is -0.365 e. The van der Waals surface area contributed by atoms with Crippen LogP contribution in [0.4, 0.5) is 5.82 Å². The van der Waals surface area contributed by atoms with E-state index >= 15 is 0 Å². The summed E-state index contributed by atoms with van der Waals surface area (Å²) in [4.78, 5) is 22.8. The average molecular weight is 305 g/mol. The molecule has 0 aliphatic carbocycles. The van der Waals surface area contributed by atoms with Crippen LogP contribution >= 0.6 is 11.3 Å². The Bertz CT molecular complexity index is 648. The molecule has 0 bridgehead atoms. The van der Waals surface area contributed by atoms with Gasteiger partial charge in [0.15, 0.2) is 0 Å². The number of aromatic nitrogens is 2. The van der Waals surface area contributed by atoms with Crippen molar-refractivity contribution in [1.29, 1.82) is 0 Å². The fourth-order valence-corrected chi connectivity index (χ4v) is 3.81. The largest absolute Gasteiger partial charge is 0.365 e. The maximum Gasteiger partial charge on any atom is 0.258 e. The maximum atomic E-state index is 11.3. The molecule has 1 amide bonds. The van der Waals surface area contributed by atoms with Crippen molar-refractivity contribution < 1.29 is 4.79 Å². The molecule has 0 spiro atoms. The number of hydrogen-bond acceptors (Lipinski definition) is 6. The summed E-state index contributed by atoms with van der Waals surface area (Å²) in [6.07, 6.45) is 3.87. The molecule has 3 heterocycles. The molecule has 3 rings (SSSR count). The molecule has 7 heteroatoms. The maximum absolute atomic E-state index is 11.3. The van der Waals surface area contributed by atoms with E-state index in [0.717, 1.165) is 54.4 Å². The number of primary amides is 1. The van der Waals surface area contributed by atoms with Gasteiger partial charge in [0.25, 0.3) is 5.91 Å². The first-order valence-corrected chi connectivity index (χ1v) is 7.94. The first-order valence-electron chi connectivity index (χ1n) is 7.13. The SMILES string of the molecule is CNCC1CCN(c2ncnc3cc(C(N)=O)sc23)CC1. The highest BCUT2D eigenvalue weighted by atomic mass is 32.1. The van der Waals surface area contributed by atoms with Crippen molar-refractivity contribution in [3.8, 4) is 0 Å². The van der Waals surface area contributed by atoms with Gasteiger partial charge in [0.05, 0.1) is 15.1 Å². The average Bonchev–Trinajstić information content (AvgIpc) is 2.93. The lowest BCUT2D eigenvalue weighted by atomic mass is 9.97. The van der Waals surface area contributed by atoms with Crippen molar-refractivity contribution in [2.75, 3.05) is 31.6 Å². The van der Waals surface area contributed by atoms with Gasteiger partial charge < -0.3 is 16.0 Å². The molecule has 0 atom stereocenters. The van der Waals surface area contributed by atoms with Crippen LogP contribution in [0.2, 0.25) is 0 Å². The lowest BCUT2D eigenvalue weighted by Crippen LogP contribution is -2.37. The molecule has 0 aromatic carbocycles. The van der Waals surface area contributed by atoms with Crippen LogP contribution < -0.4 is 16.0 Å². The predicted molar refractivity (Wildman–Crippen MR) is 84.8 cm³/mol. The Morgan fingerprint density at radius 1 is 1.48 bits per heavy atom. The van der Waals surface area contributed by atoms with Crippen molar-refractivity contribution in [3.63, 3.8) is 0 Å². The monoisotopic (exact) mass is 305 g/mol. The Labute approximate surface area is 127 Å². The summed E-state index contributed by atoms with van der Waals surface area (Å²) in [5.74, 6) is 1.25. The van der Waals surface area contributed by atoms with Crippen LogP contribution in [0.3, 0.4) is 0 Å². The minimum absolute atomic E-state index is 0.406. The van der Waals surface area contributed by atoms with Gasteiger partial charge in [-0.25, -0.2) is 9.97 Å². The highest BCUT2D eigenvalue weighted by molar-refractivity contribution is 7.21. The van der Waals surface area contributed by atoms with Gasteiger partial charge in [-0.2, -0.15) is 0 Å². The number of fused-ring (bicyclic) bond motifs is 1. The molecule has 3 N–H and O–H groups in total. The van der Waals surface area contributed by atoms with Crippen LogP contribution in [0.15, 0.2) is 12.4 Å². The van der Waals surface area contributed by atoms with E-state index < -0.39 is 5.91 Å². The summed E-state index contributed by atoms with van der Waals surface area (Å²) in [5, 5.41) is 3.24. The van der Waals surface area contributed by atoms with Crippen LogP contribution in [0.5, 0.6) is 0 Å². The number of hydrogen-bond donors (Lipinski definition) is 2. The zero-order chi connectivity index (χ0) is 14.8. The molecule has 0 radical (unpaired) electrons. The third kappa shape index (κ3) is 2.84. The van der Waals surface area contributed by atoms with Gasteiger partial charge in [-0.1, -0.05) is 0 Å². The number of carbonyl (C=O) groups is 1. The number of anilines is 1. The van der Waals surface area contributed by atoms with Gasteiger partial charge in [0.2, 0.25) is 0 Å². The van der Waals surface area contributed by atoms with E-state index in [0.29, 0.717) is 4.88 Å². The Balaban J connectivity index is 1.85. The van der Waals surface area contributed by atoms with E-state index in [9.17, 15) is 4.79 Å². The number of nitrogens with two attached hydrogens (primary N) is 1.